The Labute approximate surface area is 163 Å². The lowest BCUT2D eigenvalue weighted by atomic mass is 10.1. The second-order valence-electron chi connectivity index (χ2n) is 6.54. The molecule has 0 atom stereocenters. The number of aromatic nitrogens is 1. The molecule has 144 valence electrons. The van der Waals surface area contributed by atoms with Crippen molar-refractivity contribution in [2.75, 3.05) is 18.5 Å². The van der Waals surface area contributed by atoms with Gasteiger partial charge in [-0.05, 0) is 51.1 Å². The molecular weight excluding hydrogens is 354 g/mol. The number of hydrogen-bond donors (Lipinski definition) is 2. The highest BCUT2D eigenvalue weighted by atomic mass is 16.5. The van der Waals surface area contributed by atoms with E-state index in [4.69, 9.17) is 4.74 Å². The zero-order chi connectivity index (χ0) is 20.1. The molecule has 3 aromatic rings. The Morgan fingerprint density at radius 1 is 1.07 bits per heavy atom. The highest BCUT2D eigenvalue weighted by Gasteiger charge is 2.13. The van der Waals surface area contributed by atoms with Crippen LogP contribution in [-0.4, -0.2) is 29.9 Å². The van der Waals surface area contributed by atoms with Gasteiger partial charge >= 0.3 is 0 Å². The van der Waals surface area contributed by atoms with E-state index in [1.54, 1.807) is 24.3 Å². The van der Waals surface area contributed by atoms with Gasteiger partial charge in [-0.2, -0.15) is 0 Å². The van der Waals surface area contributed by atoms with E-state index in [0.29, 0.717) is 29.2 Å². The third kappa shape index (κ3) is 4.65. The molecule has 2 aromatic carbocycles. The van der Waals surface area contributed by atoms with Gasteiger partial charge in [-0.25, -0.2) is 0 Å². The van der Waals surface area contributed by atoms with E-state index in [0.717, 1.165) is 16.5 Å². The van der Waals surface area contributed by atoms with Crippen molar-refractivity contribution in [3.63, 3.8) is 0 Å². The van der Waals surface area contributed by atoms with Crippen LogP contribution in [0.4, 0.5) is 5.69 Å². The molecule has 0 spiro atoms. The van der Waals surface area contributed by atoms with Gasteiger partial charge in [-0.3, -0.25) is 14.6 Å². The summed E-state index contributed by atoms with van der Waals surface area (Å²) in [6.45, 7) is 6.15. The van der Waals surface area contributed by atoms with Crippen LogP contribution in [0.15, 0.2) is 48.5 Å². The van der Waals surface area contributed by atoms with Gasteiger partial charge in [0.1, 0.15) is 5.75 Å². The SMILES string of the molecule is CCNC(=O)COc1cccc(NC(=O)c2cc3cc(C)ccc3nc2C)c1. The van der Waals surface area contributed by atoms with Gasteiger partial charge in [-0.15, -0.1) is 0 Å². The molecule has 0 radical (unpaired) electrons. The number of nitrogens with one attached hydrogen (secondary N) is 2. The summed E-state index contributed by atoms with van der Waals surface area (Å²) in [4.78, 5) is 28.8. The zero-order valence-electron chi connectivity index (χ0n) is 16.2. The van der Waals surface area contributed by atoms with Crippen LogP contribution in [0.3, 0.4) is 0 Å². The lowest BCUT2D eigenvalue weighted by Gasteiger charge is -2.11. The summed E-state index contributed by atoms with van der Waals surface area (Å²) in [5, 5.41) is 6.47. The van der Waals surface area contributed by atoms with Crippen LogP contribution in [0.1, 0.15) is 28.5 Å². The number of aryl methyl sites for hydroxylation is 2. The molecule has 6 nitrogen and oxygen atoms in total. The van der Waals surface area contributed by atoms with Gasteiger partial charge in [-0.1, -0.05) is 17.7 Å². The molecule has 0 saturated carbocycles. The summed E-state index contributed by atoms with van der Waals surface area (Å²) in [7, 11) is 0. The highest BCUT2D eigenvalue weighted by Crippen LogP contribution is 2.21. The normalized spacial score (nSPS) is 10.5. The Kier molecular flexibility index (Phi) is 5.89. The van der Waals surface area contributed by atoms with Gasteiger partial charge in [0.2, 0.25) is 0 Å². The number of benzene rings is 2. The third-order valence-electron chi connectivity index (χ3n) is 4.24. The van der Waals surface area contributed by atoms with Crippen molar-refractivity contribution in [2.24, 2.45) is 0 Å². The van der Waals surface area contributed by atoms with E-state index in [1.807, 2.05) is 45.0 Å². The van der Waals surface area contributed by atoms with E-state index in [-0.39, 0.29) is 18.4 Å². The minimum Gasteiger partial charge on any atom is -0.484 e. The Bertz CT molecular complexity index is 1030. The number of carbonyl (C=O) groups is 2. The molecule has 1 heterocycles. The lowest BCUT2D eigenvalue weighted by molar-refractivity contribution is -0.122. The summed E-state index contributed by atoms with van der Waals surface area (Å²) in [6, 6.07) is 14.8. The van der Waals surface area contributed by atoms with Crippen molar-refractivity contribution in [3.05, 3.63) is 65.4 Å². The Morgan fingerprint density at radius 3 is 2.68 bits per heavy atom. The molecule has 2 amide bonds. The molecule has 1 aromatic heterocycles. The maximum absolute atomic E-state index is 12.8. The second-order valence-corrected chi connectivity index (χ2v) is 6.54. The number of nitrogens with zero attached hydrogens (tertiary/aromatic N) is 1. The minimum atomic E-state index is -0.241. The molecule has 0 aliphatic rings. The van der Waals surface area contributed by atoms with Crippen molar-refractivity contribution >= 4 is 28.4 Å². The molecule has 3 rings (SSSR count). The van der Waals surface area contributed by atoms with Crippen LogP contribution in [0.2, 0.25) is 0 Å². The molecular formula is C22H23N3O3. The number of pyridine rings is 1. The Balaban J connectivity index is 1.76. The Morgan fingerprint density at radius 2 is 1.89 bits per heavy atom. The monoisotopic (exact) mass is 377 g/mol. The van der Waals surface area contributed by atoms with Crippen LogP contribution in [-0.2, 0) is 4.79 Å². The fraction of sp³-hybridized carbons (Fsp3) is 0.227. The summed E-state index contributed by atoms with van der Waals surface area (Å²) in [6.07, 6.45) is 0. The fourth-order valence-corrected chi connectivity index (χ4v) is 2.88. The van der Waals surface area contributed by atoms with E-state index in [2.05, 4.69) is 15.6 Å². The van der Waals surface area contributed by atoms with E-state index < -0.39 is 0 Å². The van der Waals surface area contributed by atoms with Gasteiger partial charge in [0, 0.05) is 23.7 Å². The predicted molar refractivity (Wildman–Crippen MR) is 110 cm³/mol. The lowest BCUT2D eigenvalue weighted by Crippen LogP contribution is -2.28. The molecule has 0 aliphatic heterocycles. The maximum Gasteiger partial charge on any atom is 0.257 e. The largest absolute Gasteiger partial charge is 0.484 e. The van der Waals surface area contributed by atoms with Crippen LogP contribution in [0, 0.1) is 13.8 Å². The summed E-state index contributed by atoms with van der Waals surface area (Å²) in [5.41, 5.74) is 3.74. The molecule has 0 unspecified atom stereocenters. The van der Waals surface area contributed by atoms with Crippen molar-refractivity contribution in [3.8, 4) is 5.75 Å². The van der Waals surface area contributed by atoms with Crippen LogP contribution >= 0.6 is 0 Å². The number of amides is 2. The summed E-state index contributed by atoms with van der Waals surface area (Å²) >= 11 is 0. The standard InChI is InChI=1S/C22H23N3O3/c1-4-23-21(26)13-28-18-7-5-6-17(12-18)25-22(27)19-11-16-10-14(2)8-9-20(16)24-15(19)3/h5-12H,4,13H2,1-3H3,(H,23,26)(H,25,27). The molecule has 0 aliphatic carbocycles. The van der Waals surface area contributed by atoms with Crippen molar-refractivity contribution in [1.82, 2.24) is 10.3 Å². The number of ether oxygens (including phenoxy) is 1. The smallest absolute Gasteiger partial charge is 0.257 e. The topological polar surface area (TPSA) is 80.3 Å². The van der Waals surface area contributed by atoms with E-state index >= 15 is 0 Å². The van der Waals surface area contributed by atoms with Gasteiger partial charge in [0.05, 0.1) is 16.8 Å². The number of rotatable bonds is 6. The van der Waals surface area contributed by atoms with E-state index in [1.165, 1.54) is 0 Å². The van der Waals surface area contributed by atoms with Crippen LogP contribution < -0.4 is 15.4 Å². The number of hydrogen-bond acceptors (Lipinski definition) is 4. The van der Waals surface area contributed by atoms with Crippen molar-refractivity contribution < 1.29 is 14.3 Å². The third-order valence-corrected chi connectivity index (χ3v) is 4.24. The van der Waals surface area contributed by atoms with Crippen LogP contribution in [0.5, 0.6) is 5.75 Å². The van der Waals surface area contributed by atoms with Gasteiger partial charge in [0.25, 0.3) is 11.8 Å². The first-order valence-corrected chi connectivity index (χ1v) is 9.15. The van der Waals surface area contributed by atoms with Crippen molar-refractivity contribution in [1.29, 1.82) is 0 Å². The first-order valence-electron chi connectivity index (χ1n) is 9.15. The van der Waals surface area contributed by atoms with Gasteiger partial charge in [0.15, 0.2) is 6.61 Å². The fourth-order valence-electron chi connectivity index (χ4n) is 2.88. The number of anilines is 1. The maximum atomic E-state index is 12.8. The summed E-state index contributed by atoms with van der Waals surface area (Å²) < 4.78 is 5.47. The molecule has 28 heavy (non-hydrogen) atoms. The average Bonchev–Trinajstić information content (AvgIpc) is 2.66. The molecule has 0 fully saturated rings. The van der Waals surface area contributed by atoms with Crippen molar-refractivity contribution in [2.45, 2.75) is 20.8 Å². The molecule has 6 heteroatoms. The Hall–Kier alpha value is -3.41. The van der Waals surface area contributed by atoms with E-state index in [9.17, 15) is 9.59 Å². The highest BCUT2D eigenvalue weighted by molar-refractivity contribution is 6.06. The number of carbonyl (C=O) groups excluding carboxylic acids is 2. The average molecular weight is 377 g/mol. The molecule has 2 N–H and O–H groups in total. The zero-order valence-corrected chi connectivity index (χ0v) is 16.2. The molecule has 0 bridgehead atoms. The predicted octanol–water partition coefficient (Wildman–Crippen LogP) is 3.62. The van der Waals surface area contributed by atoms with Crippen LogP contribution in [0.25, 0.3) is 10.9 Å². The molecule has 0 saturated heterocycles. The number of likely N-dealkylation sites (N-methyl/N-ethyl adjacent to an activating group) is 1. The summed E-state index contributed by atoms with van der Waals surface area (Å²) in [5.74, 6) is 0.0763. The minimum absolute atomic E-state index is 0.0711. The first-order chi connectivity index (χ1) is 13.5. The number of fused-ring (bicyclic) bond motifs is 1. The first kappa shape index (κ1) is 19.4. The second kappa shape index (κ2) is 8.52. The quantitative estimate of drug-likeness (QED) is 0.688. The van der Waals surface area contributed by atoms with Gasteiger partial charge < -0.3 is 15.4 Å².